The molecule has 2 aliphatic rings. The van der Waals surface area contributed by atoms with Gasteiger partial charge in [-0.3, -0.25) is 4.79 Å². The Morgan fingerprint density at radius 1 is 1.00 bits per heavy atom. The van der Waals surface area contributed by atoms with Crippen LogP contribution in [0, 0.1) is 29.2 Å². The summed E-state index contributed by atoms with van der Waals surface area (Å²) >= 11 is 0. The first kappa shape index (κ1) is 28.5. The summed E-state index contributed by atoms with van der Waals surface area (Å²) in [5.41, 5.74) is -1.41. The lowest BCUT2D eigenvalue weighted by molar-refractivity contribution is -0.183. The van der Waals surface area contributed by atoms with Crippen molar-refractivity contribution in [1.29, 1.82) is 0 Å². The van der Waals surface area contributed by atoms with Gasteiger partial charge in [0.15, 0.2) is 23.0 Å². The van der Waals surface area contributed by atoms with Crippen LogP contribution in [0.2, 0.25) is 0 Å². The van der Waals surface area contributed by atoms with E-state index in [-0.39, 0.29) is 30.9 Å². The number of benzene rings is 2. The first-order valence-electron chi connectivity index (χ1n) is 12.7. The van der Waals surface area contributed by atoms with E-state index in [0.717, 1.165) is 24.3 Å². The second-order valence-corrected chi connectivity index (χ2v) is 10.7. The molecule has 1 saturated carbocycles. The summed E-state index contributed by atoms with van der Waals surface area (Å²) < 4.78 is 80.2. The molecule has 4 atom stereocenters. The van der Waals surface area contributed by atoms with Crippen molar-refractivity contribution >= 4 is 5.91 Å². The predicted molar refractivity (Wildman–Crippen MR) is 130 cm³/mol. The average Bonchev–Trinajstić information content (AvgIpc) is 3.16. The number of rotatable bonds is 9. The number of amides is 1. The molecule has 38 heavy (non-hydrogen) atoms. The number of halogens is 4. The summed E-state index contributed by atoms with van der Waals surface area (Å²) in [5, 5.41) is 2.89. The fourth-order valence-corrected chi connectivity index (χ4v) is 4.88. The molecule has 1 amide bonds. The van der Waals surface area contributed by atoms with Gasteiger partial charge in [-0.2, -0.15) is 0 Å². The van der Waals surface area contributed by atoms with E-state index in [2.05, 4.69) is 5.32 Å². The Balaban J connectivity index is 1.63. The van der Waals surface area contributed by atoms with E-state index < -0.39 is 65.5 Å². The Kier molecular flexibility index (Phi) is 8.46. The lowest BCUT2D eigenvalue weighted by Gasteiger charge is -2.43. The van der Waals surface area contributed by atoms with Gasteiger partial charge in [0.05, 0.1) is 25.4 Å². The number of ether oxygens (including phenoxy) is 4. The molecule has 2 aromatic rings. The van der Waals surface area contributed by atoms with Gasteiger partial charge in [0, 0.05) is 24.9 Å². The molecule has 1 saturated heterocycles. The van der Waals surface area contributed by atoms with Crippen LogP contribution >= 0.6 is 0 Å². The smallest absolute Gasteiger partial charge is 0.252 e. The molecule has 0 aromatic heterocycles. The van der Waals surface area contributed by atoms with E-state index in [9.17, 15) is 22.4 Å². The van der Waals surface area contributed by atoms with Crippen LogP contribution in [0.25, 0.3) is 0 Å². The summed E-state index contributed by atoms with van der Waals surface area (Å²) in [5.74, 6) is -4.80. The van der Waals surface area contributed by atoms with E-state index in [0.29, 0.717) is 12.1 Å². The van der Waals surface area contributed by atoms with Gasteiger partial charge in [0.25, 0.3) is 5.91 Å². The highest BCUT2D eigenvalue weighted by atomic mass is 19.2. The third-order valence-corrected chi connectivity index (χ3v) is 6.74. The van der Waals surface area contributed by atoms with Crippen molar-refractivity contribution in [1.82, 2.24) is 5.32 Å². The zero-order chi connectivity index (χ0) is 27.7. The molecule has 1 aliphatic heterocycles. The van der Waals surface area contributed by atoms with Crippen molar-refractivity contribution in [2.75, 3.05) is 6.54 Å². The van der Waals surface area contributed by atoms with E-state index in [1.54, 1.807) is 13.8 Å². The van der Waals surface area contributed by atoms with Crippen LogP contribution < -0.4 is 5.32 Å². The molecule has 6 nitrogen and oxygen atoms in total. The Labute approximate surface area is 219 Å². The highest BCUT2D eigenvalue weighted by Crippen LogP contribution is 2.44. The van der Waals surface area contributed by atoms with Crippen molar-refractivity contribution in [2.24, 2.45) is 5.92 Å². The zero-order valence-electron chi connectivity index (χ0n) is 21.9. The number of hydrogen-bond donors (Lipinski definition) is 1. The molecule has 0 spiro atoms. The number of hydrogen-bond acceptors (Lipinski definition) is 5. The Morgan fingerprint density at radius 2 is 1.71 bits per heavy atom. The molecule has 10 heteroatoms. The van der Waals surface area contributed by atoms with Crippen LogP contribution in [0.1, 0.15) is 51.7 Å². The van der Waals surface area contributed by atoms with Crippen molar-refractivity contribution in [3.05, 3.63) is 70.8 Å². The molecule has 0 bridgehead atoms. The Hall–Kier alpha value is -2.53. The topological polar surface area (TPSA) is 66.0 Å². The van der Waals surface area contributed by atoms with E-state index in [1.165, 1.54) is 12.1 Å². The molecule has 2 aromatic carbocycles. The van der Waals surface area contributed by atoms with E-state index >= 15 is 0 Å². The van der Waals surface area contributed by atoms with Gasteiger partial charge < -0.3 is 24.3 Å². The summed E-state index contributed by atoms with van der Waals surface area (Å²) in [6, 6.07) is 6.90. The van der Waals surface area contributed by atoms with Crippen LogP contribution in [0.15, 0.2) is 36.4 Å². The SMILES string of the molecule is CC(C)CNC(=O)[C@@]1(OCc2ccc(F)c(F)c2)C[C@H](OCc2c(F)cccc2F)[C@@H]2OC(C)(C)O[C@@H]2C1. The average molecular weight is 540 g/mol. The molecule has 2 fully saturated rings. The summed E-state index contributed by atoms with van der Waals surface area (Å²) in [7, 11) is 0. The van der Waals surface area contributed by atoms with Gasteiger partial charge in [0.2, 0.25) is 0 Å². The highest BCUT2D eigenvalue weighted by molar-refractivity contribution is 5.85. The number of fused-ring (bicyclic) bond motifs is 1. The fraction of sp³-hybridized carbons (Fsp3) is 0.536. The highest BCUT2D eigenvalue weighted by Gasteiger charge is 2.58. The van der Waals surface area contributed by atoms with Crippen LogP contribution in [0.4, 0.5) is 17.6 Å². The summed E-state index contributed by atoms with van der Waals surface area (Å²) in [6.07, 6.45) is -2.01. The lowest BCUT2D eigenvalue weighted by atomic mass is 9.78. The summed E-state index contributed by atoms with van der Waals surface area (Å²) in [6.45, 7) is 7.11. The molecular weight excluding hydrogens is 506 g/mol. The third kappa shape index (κ3) is 6.36. The maximum absolute atomic E-state index is 14.3. The molecule has 4 rings (SSSR count). The van der Waals surface area contributed by atoms with Crippen molar-refractivity contribution < 1.29 is 41.3 Å². The van der Waals surface area contributed by atoms with Gasteiger partial charge in [-0.15, -0.1) is 0 Å². The van der Waals surface area contributed by atoms with Gasteiger partial charge >= 0.3 is 0 Å². The van der Waals surface area contributed by atoms with Crippen molar-refractivity contribution in [3.63, 3.8) is 0 Å². The first-order chi connectivity index (χ1) is 17.9. The maximum atomic E-state index is 14.3. The third-order valence-electron chi connectivity index (χ3n) is 6.74. The second kappa shape index (κ2) is 11.3. The summed E-state index contributed by atoms with van der Waals surface area (Å²) in [4.78, 5) is 13.6. The van der Waals surface area contributed by atoms with E-state index in [4.69, 9.17) is 18.9 Å². The molecule has 1 aliphatic carbocycles. The number of carbonyl (C=O) groups is 1. The zero-order valence-corrected chi connectivity index (χ0v) is 21.9. The molecular formula is C28H33F4NO5. The molecule has 1 heterocycles. The minimum atomic E-state index is -1.50. The van der Waals surface area contributed by atoms with Crippen LogP contribution in [-0.4, -0.2) is 42.2 Å². The van der Waals surface area contributed by atoms with Crippen LogP contribution in [0.5, 0.6) is 0 Å². The largest absolute Gasteiger partial charge is 0.370 e. The lowest BCUT2D eigenvalue weighted by Crippen LogP contribution is -2.60. The van der Waals surface area contributed by atoms with Gasteiger partial charge in [-0.05, 0) is 49.6 Å². The molecule has 208 valence electrons. The van der Waals surface area contributed by atoms with E-state index in [1.807, 2.05) is 13.8 Å². The fourth-order valence-electron chi connectivity index (χ4n) is 4.88. The maximum Gasteiger partial charge on any atom is 0.252 e. The minimum Gasteiger partial charge on any atom is -0.370 e. The van der Waals surface area contributed by atoms with Crippen molar-refractivity contribution in [3.8, 4) is 0 Å². The molecule has 0 radical (unpaired) electrons. The van der Waals surface area contributed by atoms with Crippen molar-refractivity contribution in [2.45, 2.75) is 83.5 Å². The number of carbonyl (C=O) groups excluding carboxylic acids is 1. The van der Waals surface area contributed by atoms with Gasteiger partial charge in [-0.25, -0.2) is 17.6 Å². The van der Waals surface area contributed by atoms with Crippen LogP contribution in [-0.2, 0) is 37.0 Å². The van der Waals surface area contributed by atoms with Gasteiger partial charge in [-0.1, -0.05) is 26.0 Å². The van der Waals surface area contributed by atoms with Gasteiger partial charge in [0.1, 0.15) is 17.7 Å². The quantitative estimate of drug-likeness (QED) is 0.446. The normalized spacial score (nSPS) is 26.4. The first-order valence-corrected chi connectivity index (χ1v) is 12.7. The predicted octanol–water partition coefficient (Wildman–Crippen LogP) is 5.17. The standard InChI is InChI=1S/C28H33F4NO5/c1-16(2)13-33-26(34)28(36-14-17-8-9-21(31)22(32)10-17)11-23(25-24(12-28)37-27(3,4)38-25)35-15-18-19(29)6-5-7-20(18)30/h5-10,16,23-25H,11-15H2,1-4H3,(H,33,34)/t23-,24+,25-,28+/m0/s1. The molecule has 0 unspecified atom stereocenters. The van der Waals surface area contributed by atoms with Crippen LogP contribution in [0.3, 0.4) is 0 Å². The Morgan fingerprint density at radius 3 is 2.37 bits per heavy atom. The number of nitrogens with one attached hydrogen (secondary N) is 1. The molecule has 1 N–H and O–H groups in total. The monoisotopic (exact) mass is 539 g/mol. The minimum absolute atomic E-state index is 0.0166. The Bertz CT molecular complexity index is 1140. The second-order valence-electron chi connectivity index (χ2n) is 10.7.